The van der Waals surface area contributed by atoms with Gasteiger partial charge in [0.05, 0.1) is 12.7 Å². The molecule has 1 N–H and O–H groups in total. The maximum atomic E-state index is 10.0. The lowest BCUT2D eigenvalue weighted by atomic mass is 9.89. The van der Waals surface area contributed by atoms with Crippen LogP contribution in [0.25, 0.3) is 0 Å². The monoisotopic (exact) mass is 284 g/mol. The first kappa shape index (κ1) is 14.1. The maximum Gasteiger partial charge on any atom is 0.189 e. The van der Waals surface area contributed by atoms with Crippen molar-refractivity contribution in [1.29, 1.82) is 0 Å². The smallest absolute Gasteiger partial charge is 0.189 e. The first-order valence-electron chi connectivity index (χ1n) is 7.39. The number of aliphatic hydroxyl groups excluding tert-OH is 1. The average molecular weight is 284 g/mol. The van der Waals surface area contributed by atoms with E-state index >= 15 is 0 Å². The van der Waals surface area contributed by atoms with Crippen molar-refractivity contribution in [3.8, 4) is 5.75 Å². The van der Waals surface area contributed by atoms with Gasteiger partial charge in [-0.05, 0) is 36.5 Å². The van der Waals surface area contributed by atoms with Gasteiger partial charge in [0.15, 0.2) is 6.79 Å². The van der Waals surface area contributed by atoms with E-state index in [4.69, 9.17) is 9.47 Å². The fourth-order valence-corrected chi connectivity index (χ4v) is 2.76. The molecule has 3 heteroatoms. The maximum absolute atomic E-state index is 10.0. The van der Waals surface area contributed by atoms with Crippen LogP contribution in [-0.2, 0) is 17.8 Å². The first-order valence-corrected chi connectivity index (χ1v) is 7.39. The molecule has 1 unspecified atom stereocenters. The summed E-state index contributed by atoms with van der Waals surface area (Å²) < 4.78 is 11.3. The van der Waals surface area contributed by atoms with E-state index in [1.807, 2.05) is 48.5 Å². The molecule has 0 aromatic heterocycles. The van der Waals surface area contributed by atoms with E-state index in [0.29, 0.717) is 6.61 Å². The highest BCUT2D eigenvalue weighted by Gasteiger charge is 2.20. The highest BCUT2D eigenvalue weighted by atomic mass is 16.7. The van der Waals surface area contributed by atoms with Crippen LogP contribution in [0.3, 0.4) is 0 Å². The SMILES string of the molecule is OC1CCCc2c(OCOCc3ccccc3)cccc21. The third-order valence-corrected chi connectivity index (χ3v) is 3.84. The molecular formula is C18H20O3. The summed E-state index contributed by atoms with van der Waals surface area (Å²) in [7, 11) is 0. The van der Waals surface area contributed by atoms with Gasteiger partial charge in [0, 0.05) is 5.56 Å². The second kappa shape index (κ2) is 6.74. The molecule has 3 rings (SSSR count). The molecule has 0 fully saturated rings. The van der Waals surface area contributed by atoms with E-state index in [1.54, 1.807) is 0 Å². The lowest BCUT2D eigenvalue weighted by Gasteiger charge is -2.23. The number of fused-ring (bicyclic) bond motifs is 1. The Hall–Kier alpha value is -1.84. The van der Waals surface area contributed by atoms with Crippen LogP contribution in [0.4, 0.5) is 0 Å². The minimum atomic E-state index is -0.359. The molecule has 0 saturated heterocycles. The fraction of sp³-hybridized carbons (Fsp3) is 0.333. The van der Waals surface area contributed by atoms with Gasteiger partial charge in [0.1, 0.15) is 5.75 Å². The summed E-state index contributed by atoms with van der Waals surface area (Å²) in [4.78, 5) is 0. The van der Waals surface area contributed by atoms with Crippen LogP contribution in [0.2, 0.25) is 0 Å². The van der Waals surface area contributed by atoms with Crippen molar-refractivity contribution in [3.63, 3.8) is 0 Å². The summed E-state index contributed by atoms with van der Waals surface area (Å²) in [6.45, 7) is 0.764. The molecule has 0 heterocycles. The largest absolute Gasteiger partial charge is 0.467 e. The zero-order valence-corrected chi connectivity index (χ0v) is 12.0. The number of hydrogen-bond acceptors (Lipinski definition) is 3. The minimum absolute atomic E-state index is 0.224. The summed E-state index contributed by atoms with van der Waals surface area (Å²) in [6, 6.07) is 15.9. The van der Waals surface area contributed by atoms with Gasteiger partial charge < -0.3 is 14.6 Å². The molecule has 0 bridgehead atoms. The Morgan fingerprint density at radius 1 is 1.05 bits per heavy atom. The molecule has 0 aliphatic heterocycles. The van der Waals surface area contributed by atoms with Crippen molar-refractivity contribution in [2.75, 3.05) is 6.79 Å². The number of benzene rings is 2. The van der Waals surface area contributed by atoms with Gasteiger partial charge in [-0.1, -0.05) is 42.5 Å². The van der Waals surface area contributed by atoms with E-state index < -0.39 is 0 Å². The van der Waals surface area contributed by atoms with E-state index in [9.17, 15) is 5.11 Å². The highest BCUT2D eigenvalue weighted by Crippen LogP contribution is 2.35. The Balaban J connectivity index is 1.57. The van der Waals surface area contributed by atoms with Gasteiger partial charge in [0.2, 0.25) is 0 Å². The second-order valence-corrected chi connectivity index (χ2v) is 5.33. The Labute approximate surface area is 125 Å². The van der Waals surface area contributed by atoms with Crippen molar-refractivity contribution in [2.45, 2.75) is 32.0 Å². The Morgan fingerprint density at radius 3 is 2.76 bits per heavy atom. The average Bonchev–Trinajstić information content (AvgIpc) is 2.53. The molecule has 2 aromatic rings. The molecular weight excluding hydrogens is 264 g/mol. The van der Waals surface area contributed by atoms with E-state index in [2.05, 4.69) is 0 Å². The lowest BCUT2D eigenvalue weighted by molar-refractivity contribution is 0.00413. The molecule has 1 atom stereocenters. The van der Waals surface area contributed by atoms with Crippen molar-refractivity contribution < 1.29 is 14.6 Å². The third-order valence-electron chi connectivity index (χ3n) is 3.84. The van der Waals surface area contributed by atoms with Crippen molar-refractivity contribution >= 4 is 0 Å². The van der Waals surface area contributed by atoms with Gasteiger partial charge >= 0.3 is 0 Å². The number of rotatable bonds is 5. The Morgan fingerprint density at radius 2 is 1.90 bits per heavy atom. The number of hydrogen-bond donors (Lipinski definition) is 1. The van der Waals surface area contributed by atoms with Crippen LogP contribution in [0.1, 0.15) is 35.6 Å². The number of aliphatic hydroxyl groups is 1. The minimum Gasteiger partial charge on any atom is -0.467 e. The normalized spacial score (nSPS) is 17.3. The second-order valence-electron chi connectivity index (χ2n) is 5.33. The van der Waals surface area contributed by atoms with Gasteiger partial charge in [0.25, 0.3) is 0 Å². The van der Waals surface area contributed by atoms with Gasteiger partial charge in [-0.3, -0.25) is 0 Å². The predicted octanol–water partition coefficient (Wildman–Crippen LogP) is 3.61. The Kier molecular flexibility index (Phi) is 4.53. The third kappa shape index (κ3) is 3.43. The van der Waals surface area contributed by atoms with Crippen LogP contribution < -0.4 is 4.74 Å². The molecule has 0 saturated carbocycles. The molecule has 0 radical (unpaired) electrons. The molecule has 2 aromatic carbocycles. The molecule has 110 valence electrons. The van der Waals surface area contributed by atoms with Crippen LogP contribution in [0, 0.1) is 0 Å². The summed E-state index contributed by atoms with van der Waals surface area (Å²) in [5.41, 5.74) is 3.26. The topological polar surface area (TPSA) is 38.7 Å². The Bertz CT molecular complexity index is 580. The molecule has 3 nitrogen and oxygen atoms in total. The van der Waals surface area contributed by atoms with Gasteiger partial charge in [-0.25, -0.2) is 0 Å². The lowest BCUT2D eigenvalue weighted by Crippen LogP contribution is -2.12. The standard InChI is InChI=1S/C18H20O3/c19-17-10-4-9-16-15(17)8-5-11-18(16)21-13-20-12-14-6-2-1-3-7-14/h1-3,5-8,11,17,19H,4,9-10,12-13H2. The fourth-order valence-electron chi connectivity index (χ4n) is 2.76. The van der Waals surface area contributed by atoms with Crippen LogP contribution in [-0.4, -0.2) is 11.9 Å². The van der Waals surface area contributed by atoms with Crippen molar-refractivity contribution in [1.82, 2.24) is 0 Å². The highest BCUT2D eigenvalue weighted by molar-refractivity contribution is 5.42. The van der Waals surface area contributed by atoms with Crippen molar-refractivity contribution in [3.05, 3.63) is 65.2 Å². The molecule has 1 aliphatic carbocycles. The van der Waals surface area contributed by atoms with Gasteiger partial charge in [-0.15, -0.1) is 0 Å². The van der Waals surface area contributed by atoms with Crippen LogP contribution >= 0.6 is 0 Å². The summed E-state index contributed by atoms with van der Waals surface area (Å²) >= 11 is 0. The van der Waals surface area contributed by atoms with E-state index in [-0.39, 0.29) is 12.9 Å². The summed E-state index contributed by atoms with van der Waals surface area (Å²) in [5, 5.41) is 10.0. The quantitative estimate of drug-likeness (QED) is 0.673. The summed E-state index contributed by atoms with van der Waals surface area (Å²) in [6.07, 6.45) is 2.43. The summed E-state index contributed by atoms with van der Waals surface area (Å²) in [5.74, 6) is 0.833. The molecule has 0 amide bonds. The zero-order valence-electron chi connectivity index (χ0n) is 12.0. The predicted molar refractivity (Wildman–Crippen MR) is 81.1 cm³/mol. The van der Waals surface area contributed by atoms with E-state index in [1.165, 1.54) is 0 Å². The molecule has 0 spiro atoms. The van der Waals surface area contributed by atoms with Crippen LogP contribution in [0.15, 0.2) is 48.5 Å². The van der Waals surface area contributed by atoms with Crippen LogP contribution in [0.5, 0.6) is 5.75 Å². The molecule has 21 heavy (non-hydrogen) atoms. The van der Waals surface area contributed by atoms with Gasteiger partial charge in [-0.2, -0.15) is 0 Å². The number of ether oxygens (including phenoxy) is 2. The van der Waals surface area contributed by atoms with E-state index in [0.717, 1.165) is 41.7 Å². The zero-order chi connectivity index (χ0) is 14.5. The molecule has 1 aliphatic rings. The van der Waals surface area contributed by atoms with Crippen molar-refractivity contribution in [2.24, 2.45) is 0 Å². The first-order chi connectivity index (χ1) is 10.3.